The molecule has 0 aliphatic carbocycles. The maximum absolute atomic E-state index is 11.5. The Morgan fingerprint density at radius 3 is 2.76 bits per heavy atom. The molecule has 1 aromatic carbocycles. The van der Waals surface area contributed by atoms with E-state index in [9.17, 15) is 9.59 Å². The van der Waals surface area contributed by atoms with Gasteiger partial charge in [-0.15, -0.1) is 0 Å². The van der Waals surface area contributed by atoms with Crippen LogP contribution in [0.4, 0.5) is 10.5 Å². The van der Waals surface area contributed by atoms with Gasteiger partial charge in [0.25, 0.3) is 0 Å². The second-order valence-corrected chi connectivity index (χ2v) is 5.09. The number of carbonyl (C=O) groups excluding carboxylic acids is 2. The predicted molar refractivity (Wildman–Crippen MR) is 80.3 cm³/mol. The molecule has 1 saturated heterocycles. The number of nitrogens with zero attached hydrogens (tertiary/aromatic N) is 2. The molecule has 1 aliphatic rings. The molecule has 0 aromatic heterocycles. The van der Waals surface area contributed by atoms with Gasteiger partial charge in [-0.05, 0) is 11.6 Å². The summed E-state index contributed by atoms with van der Waals surface area (Å²) < 4.78 is 0. The lowest BCUT2D eigenvalue weighted by atomic mass is 10.1. The van der Waals surface area contributed by atoms with Crippen molar-refractivity contribution in [3.8, 4) is 0 Å². The molecule has 7 nitrogen and oxygen atoms in total. The zero-order valence-electron chi connectivity index (χ0n) is 11.9. The molecule has 21 heavy (non-hydrogen) atoms. The normalized spacial score (nSPS) is 14.5. The molecule has 2 rings (SSSR count). The number of nitrogens with two attached hydrogens (primary N) is 2. The zero-order chi connectivity index (χ0) is 15.2. The Hall–Kier alpha value is -2.28. The van der Waals surface area contributed by atoms with Crippen LogP contribution in [0.5, 0.6) is 0 Å². The molecule has 1 heterocycles. The Morgan fingerprint density at radius 1 is 1.38 bits per heavy atom. The molecule has 0 atom stereocenters. The SMILES string of the molecule is NC(=O)CN(CCN1CCNC1=O)Cc1ccccc1N. The molecule has 7 heteroatoms. The molecular formula is C14H21N5O2. The van der Waals surface area contributed by atoms with Gasteiger partial charge in [-0.25, -0.2) is 4.79 Å². The fourth-order valence-electron chi connectivity index (χ4n) is 2.34. The molecule has 3 amide bonds. The number of hydrogen-bond donors (Lipinski definition) is 3. The molecule has 5 N–H and O–H groups in total. The first-order chi connectivity index (χ1) is 10.1. The first-order valence-corrected chi connectivity index (χ1v) is 6.93. The zero-order valence-corrected chi connectivity index (χ0v) is 11.9. The maximum Gasteiger partial charge on any atom is 0.317 e. The summed E-state index contributed by atoms with van der Waals surface area (Å²) in [5.74, 6) is -0.393. The van der Waals surface area contributed by atoms with Crippen molar-refractivity contribution in [1.29, 1.82) is 0 Å². The molecule has 1 aliphatic heterocycles. The van der Waals surface area contributed by atoms with Gasteiger partial charge in [-0.2, -0.15) is 0 Å². The molecule has 114 valence electrons. The molecule has 0 saturated carbocycles. The molecule has 0 spiro atoms. The Balaban J connectivity index is 1.95. The van der Waals surface area contributed by atoms with Gasteiger partial charge in [-0.1, -0.05) is 18.2 Å². The number of rotatable bonds is 7. The third kappa shape index (κ3) is 4.35. The molecule has 0 bridgehead atoms. The summed E-state index contributed by atoms with van der Waals surface area (Å²) in [5.41, 5.74) is 12.8. The van der Waals surface area contributed by atoms with E-state index < -0.39 is 5.91 Å². The van der Waals surface area contributed by atoms with Crippen LogP contribution in [0.25, 0.3) is 0 Å². The van der Waals surface area contributed by atoms with E-state index in [-0.39, 0.29) is 12.6 Å². The highest BCUT2D eigenvalue weighted by molar-refractivity contribution is 5.76. The second kappa shape index (κ2) is 6.94. The van der Waals surface area contributed by atoms with E-state index >= 15 is 0 Å². The Morgan fingerprint density at radius 2 is 2.14 bits per heavy atom. The molecular weight excluding hydrogens is 270 g/mol. The predicted octanol–water partition coefficient (Wildman–Crippen LogP) is -0.419. The van der Waals surface area contributed by atoms with Gasteiger partial charge < -0.3 is 21.7 Å². The van der Waals surface area contributed by atoms with E-state index in [4.69, 9.17) is 11.5 Å². The van der Waals surface area contributed by atoms with Gasteiger partial charge in [0.15, 0.2) is 0 Å². The number of primary amides is 1. The standard InChI is InChI=1S/C14H21N5O2/c15-12-4-2-1-3-11(12)9-18(10-13(16)20)7-8-19-6-5-17-14(19)21/h1-4H,5-10,15H2,(H2,16,20)(H,17,21). The number of carbonyl (C=O) groups is 2. The van der Waals surface area contributed by atoms with Crippen LogP contribution in [0.15, 0.2) is 24.3 Å². The molecule has 1 fully saturated rings. The first kappa shape index (κ1) is 15.1. The van der Waals surface area contributed by atoms with Gasteiger partial charge in [0.2, 0.25) is 5.91 Å². The monoisotopic (exact) mass is 291 g/mol. The third-order valence-corrected chi connectivity index (χ3v) is 3.46. The minimum absolute atomic E-state index is 0.0618. The van der Waals surface area contributed by atoms with Crippen molar-refractivity contribution in [2.75, 3.05) is 38.5 Å². The van der Waals surface area contributed by atoms with Crippen LogP contribution in [0.2, 0.25) is 0 Å². The lowest BCUT2D eigenvalue weighted by Gasteiger charge is -2.24. The highest BCUT2D eigenvalue weighted by atomic mass is 16.2. The highest BCUT2D eigenvalue weighted by Gasteiger charge is 2.20. The number of para-hydroxylation sites is 1. The van der Waals surface area contributed by atoms with Crippen molar-refractivity contribution in [3.63, 3.8) is 0 Å². The smallest absolute Gasteiger partial charge is 0.317 e. The Bertz CT molecular complexity index is 520. The van der Waals surface area contributed by atoms with Crippen LogP contribution in [0, 0.1) is 0 Å². The molecule has 0 unspecified atom stereocenters. The van der Waals surface area contributed by atoms with Crippen molar-refractivity contribution in [3.05, 3.63) is 29.8 Å². The van der Waals surface area contributed by atoms with Gasteiger partial charge in [0, 0.05) is 38.4 Å². The number of hydrogen-bond acceptors (Lipinski definition) is 4. The van der Waals surface area contributed by atoms with Crippen molar-refractivity contribution >= 4 is 17.6 Å². The van der Waals surface area contributed by atoms with E-state index in [0.29, 0.717) is 38.4 Å². The average Bonchev–Trinajstić information content (AvgIpc) is 2.83. The van der Waals surface area contributed by atoms with E-state index in [1.165, 1.54) is 0 Å². The van der Waals surface area contributed by atoms with Crippen LogP contribution < -0.4 is 16.8 Å². The highest BCUT2D eigenvalue weighted by Crippen LogP contribution is 2.13. The summed E-state index contributed by atoms with van der Waals surface area (Å²) in [5, 5.41) is 2.75. The fourth-order valence-corrected chi connectivity index (χ4v) is 2.34. The molecule has 0 radical (unpaired) electrons. The molecule has 1 aromatic rings. The lowest BCUT2D eigenvalue weighted by Crippen LogP contribution is -2.40. The lowest BCUT2D eigenvalue weighted by molar-refractivity contribution is -0.119. The minimum atomic E-state index is -0.393. The summed E-state index contributed by atoms with van der Waals surface area (Å²) in [6.45, 7) is 3.17. The van der Waals surface area contributed by atoms with Crippen LogP contribution >= 0.6 is 0 Å². The largest absolute Gasteiger partial charge is 0.398 e. The van der Waals surface area contributed by atoms with Crippen LogP contribution in [0.1, 0.15) is 5.56 Å². The van der Waals surface area contributed by atoms with Crippen molar-refractivity contribution in [1.82, 2.24) is 15.1 Å². The first-order valence-electron chi connectivity index (χ1n) is 6.93. The Kier molecular flexibility index (Phi) is 4.99. The number of benzene rings is 1. The summed E-state index contributed by atoms with van der Waals surface area (Å²) in [7, 11) is 0. The number of nitrogens with one attached hydrogen (secondary N) is 1. The fraction of sp³-hybridized carbons (Fsp3) is 0.429. The van der Waals surface area contributed by atoms with Crippen LogP contribution in [-0.2, 0) is 11.3 Å². The van der Waals surface area contributed by atoms with E-state index in [2.05, 4.69) is 5.32 Å². The van der Waals surface area contributed by atoms with Crippen LogP contribution in [-0.4, -0.2) is 54.5 Å². The summed E-state index contributed by atoms with van der Waals surface area (Å²) >= 11 is 0. The number of nitrogen functional groups attached to an aromatic ring is 1. The minimum Gasteiger partial charge on any atom is -0.398 e. The Labute approximate surface area is 123 Å². The van der Waals surface area contributed by atoms with Gasteiger partial charge in [0.1, 0.15) is 0 Å². The van der Waals surface area contributed by atoms with Crippen molar-refractivity contribution in [2.24, 2.45) is 5.73 Å². The topological polar surface area (TPSA) is 105 Å². The van der Waals surface area contributed by atoms with E-state index in [0.717, 1.165) is 5.56 Å². The number of anilines is 1. The van der Waals surface area contributed by atoms with Crippen LogP contribution in [0.3, 0.4) is 0 Å². The van der Waals surface area contributed by atoms with Crippen molar-refractivity contribution < 1.29 is 9.59 Å². The average molecular weight is 291 g/mol. The third-order valence-electron chi connectivity index (χ3n) is 3.46. The second-order valence-electron chi connectivity index (χ2n) is 5.09. The summed E-state index contributed by atoms with van der Waals surface area (Å²) in [6.07, 6.45) is 0. The van der Waals surface area contributed by atoms with E-state index in [1.807, 2.05) is 29.2 Å². The van der Waals surface area contributed by atoms with Crippen molar-refractivity contribution in [2.45, 2.75) is 6.54 Å². The van der Waals surface area contributed by atoms with Gasteiger partial charge >= 0.3 is 6.03 Å². The number of amides is 3. The maximum atomic E-state index is 11.5. The van der Waals surface area contributed by atoms with Gasteiger partial charge in [0.05, 0.1) is 6.54 Å². The van der Waals surface area contributed by atoms with E-state index in [1.54, 1.807) is 4.90 Å². The van der Waals surface area contributed by atoms with Gasteiger partial charge in [-0.3, -0.25) is 9.69 Å². The summed E-state index contributed by atoms with van der Waals surface area (Å²) in [4.78, 5) is 26.3. The number of urea groups is 1. The summed E-state index contributed by atoms with van der Waals surface area (Å²) in [6, 6.07) is 7.46. The quantitative estimate of drug-likeness (QED) is 0.593.